The quantitative estimate of drug-likeness (QED) is 0.854. The van der Waals surface area contributed by atoms with Crippen LogP contribution < -0.4 is 0 Å². The van der Waals surface area contributed by atoms with Gasteiger partial charge in [-0.3, -0.25) is 0 Å². The van der Waals surface area contributed by atoms with Gasteiger partial charge in [0.15, 0.2) is 6.10 Å². The third kappa shape index (κ3) is 4.45. The Morgan fingerprint density at radius 2 is 1.81 bits per heavy atom. The molecule has 0 saturated heterocycles. The van der Waals surface area contributed by atoms with E-state index in [0.29, 0.717) is 12.2 Å². The Morgan fingerprint density at radius 3 is 2.19 bits per heavy atom. The van der Waals surface area contributed by atoms with Crippen LogP contribution in [-0.2, 0) is 9.53 Å². The number of rotatable bonds is 4. The minimum absolute atomic E-state index is 0.394. The first-order valence-corrected chi connectivity index (χ1v) is 5.56. The van der Waals surface area contributed by atoms with E-state index in [1.54, 1.807) is 19.1 Å². The number of aryl methyl sites for hydroxylation is 1. The maximum Gasteiger partial charge on any atom is 0.337 e. The van der Waals surface area contributed by atoms with Crippen molar-refractivity contribution in [1.82, 2.24) is 0 Å². The van der Waals surface area contributed by atoms with Crippen LogP contribution in [0.1, 0.15) is 38.0 Å². The molecule has 0 bridgehead atoms. The molecule has 1 unspecified atom stereocenters. The first-order valence-electron chi connectivity index (χ1n) is 5.56. The summed E-state index contributed by atoms with van der Waals surface area (Å²) in [5.41, 5.74) is 1.79. The molecule has 16 heavy (non-hydrogen) atoms. The molecule has 1 atom stereocenters. The smallest absolute Gasteiger partial charge is 0.337 e. The van der Waals surface area contributed by atoms with E-state index in [2.05, 4.69) is 0 Å². The van der Waals surface area contributed by atoms with Crippen LogP contribution in [-0.4, -0.2) is 17.7 Å². The van der Waals surface area contributed by atoms with Crippen molar-refractivity contribution >= 4 is 5.97 Å². The zero-order valence-corrected chi connectivity index (χ0v) is 10.4. The molecule has 0 spiro atoms. The molecule has 0 aromatic heterocycles. The van der Waals surface area contributed by atoms with E-state index in [-0.39, 0.29) is 0 Å². The van der Waals surface area contributed by atoms with Crippen molar-refractivity contribution in [3.63, 3.8) is 0 Å². The van der Waals surface area contributed by atoms with Gasteiger partial charge in [-0.15, -0.1) is 0 Å². The second-order valence-electron chi connectivity index (χ2n) is 3.08. The second kappa shape index (κ2) is 7.88. The molecule has 3 nitrogen and oxygen atoms in total. The van der Waals surface area contributed by atoms with E-state index >= 15 is 0 Å². The van der Waals surface area contributed by atoms with E-state index in [4.69, 9.17) is 9.84 Å². The van der Waals surface area contributed by atoms with E-state index < -0.39 is 12.1 Å². The van der Waals surface area contributed by atoms with Crippen LogP contribution in [0.15, 0.2) is 24.3 Å². The van der Waals surface area contributed by atoms with Gasteiger partial charge in [-0.1, -0.05) is 43.7 Å². The Hall–Kier alpha value is -1.35. The van der Waals surface area contributed by atoms with Gasteiger partial charge < -0.3 is 9.84 Å². The monoisotopic (exact) mass is 224 g/mol. The maximum atomic E-state index is 10.8. The van der Waals surface area contributed by atoms with Crippen LogP contribution in [0.5, 0.6) is 0 Å². The average molecular weight is 224 g/mol. The molecular formula is C13H20O3. The van der Waals surface area contributed by atoms with Crippen LogP contribution >= 0.6 is 0 Å². The normalized spacial score (nSPS) is 11.2. The Morgan fingerprint density at radius 1 is 1.31 bits per heavy atom. The zero-order chi connectivity index (χ0) is 12.6. The number of hydrogen-bond donors (Lipinski definition) is 1. The van der Waals surface area contributed by atoms with Crippen LogP contribution in [0.3, 0.4) is 0 Å². The number of benzene rings is 1. The highest BCUT2D eigenvalue weighted by Crippen LogP contribution is 2.17. The molecule has 0 aliphatic carbocycles. The summed E-state index contributed by atoms with van der Waals surface area (Å²) in [6.07, 6.45) is -0.847. The SMILES string of the molecule is CC.CCOC(C(=O)O)c1ccc(C)cc1. The summed E-state index contributed by atoms with van der Waals surface area (Å²) in [6.45, 7) is 8.13. The van der Waals surface area contributed by atoms with Crippen LogP contribution in [0, 0.1) is 6.92 Å². The fourth-order valence-electron chi connectivity index (χ4n) is 1.22. The third-order valence-electron chi connectivity index (χ3n) is 1.94. The van der Waals surface area contributed by atoms with Gasteiger partial charge in [0, 0.05) is 6.61 Å². The molecule has 3 heteroatoms. The Bertz CT molecular complexity index is 303. The highest BCUT2D eigenvalue weighted by molar-refractivity contribution is 5.74. The van der Waals surface area contributed by atoms with Gasteiger partial charge in [0.2, 0.25) is 0 Å². The van der Waals surface area contributed by atoms with Crippen molar-refractivity contribution in [1.29, 1.82) is 0 Å². The number of carbonyl (C=O) groups is 1. The predicted molar refractivity (Wildman–Crippen MR) is 64.5 cm³/mol. The second-order valence-corrected chi connectivity index (χ2v) is 3.08. The van der Waals surface area contributed by atoms with Crippen molar-refractivity contribution in [3.8, 4) is 0 Å². The van der Waals surface area contributed by atoms with Gasteiger partial charge in [0.1, 0.15) is 0 Å². The summed E-state index contributed by atoms with van der Waals surface area (Å²) >= 11 is 0. The molecule has 1 aromatic carbocycles. The van der Waals surface area contributed by atoms with Gasteiger partial charge in [-0.05, 0) is 19.4 Å². The number of ether oxygens (including phenoxy) is 1. The Labute approximate surface area is 97.1 Å². The van der Waals surface area contributed by atoms with Gasteiger partial charge >= 0.3 is 5.97 Å². The third-order valence-corrected chi connectivity index (χ3v) is 1.94. The predicted octanol–water partition coefficient (Wildman–Crippen LogP) is 3.18. The lowest BCUT2D eigenvalue weighted by molar-refractivity contribution is -0.150. The Balaban J connectivity index is 0.00000106. The van der Waals surface area contributed by atoms with Crippen molar-refractivity contribution in [2.45, 2.75) is 33.8 Å². The largest absolute Gasteiger partial charge is 0.479 e. The standard InChI is InChI=1S/C11H14O3.C2H6/c1-3-14-10(11(12)13)9-6-4-8(2)5-7-9;1-2/h4-7,10H,3H2,1-2H3,(H,12,13);1-2H3. The van der Waals surface area contributed by atoms with Crippen molar-refractivity contribution in [3.05, 3.63) is 35.4 Å². The van der Waals surface area contributed by atoms with E-state index in [0.717, 1.165) is 5.56 Å². The molecule has 1 N–H and O–H groups in total. The van der Waals surface area contributed by atoms with Crippen molar-refractivity contribution < 1.29 is 14.6 Å². The summed E-state index contributed by atoms with van der Waals surface area (Å²) in [5.74, 6) is -0.948. The number of hydrogen-bond acceptors (Lipinski definition) is 2. The van der Waals surface area contributed by atoms with Gasteiger partial charge in [-0.25, -0.2) is 4.79 Å². The molecule has 0 heterocycles. The fraction of sp³-hybridized carbons (Fsp3) is 0.462. The van der Waals surface area contributed by atoms with Crippen molar-refractivity contribution in [2.75, 3.05) is 6.61 Å². The van der Waals surface area contributed by atoms with E-state index in [1.807, 2.05) is 32.9 Å². The molecule has 0 aliphatic rings. The minimum Gasteiger partial charge on any atom is -0.479 e. The minimum atomic E-state index is -0.948. The van der Waals surface area contributed by atoms with Crippen molar-refractivity contribution in [2.24, 2.45) is 0 Å². The first kappa shape index (κ1) is 14.6. The number of carboxylic acid groups (broad SMARTS) is 1. The van der Waals surface area contributed by atoms with Gasteiger partial charge in [-0.2, -0.15) is 0 Å². The van der Waals surface area contributed by atoms with Gasteiger partial charge in [0.05, 0.1) is 0 Å². The van der Waals surface area contributed by atoms with E-state index in [1.165, 1.54) is 0 Å². The lowest BCUT2D eigenvalue weighted by Crippen LogP contribution is -2.15. The van der Waals surface area contributed by atoms with Crippen LogP contribution in [0.25, 0.3) is 0 Å². The highest BCUT2D eigenvalue weighted by Gasteiger charge is 2.19. The molecule has 90 valence electrons. The zero-order valence-electron chi connectivity index (χ0n) is 10.4. The summed E-state index contributed by atoms with van der Waals surface area (Å²) in [4.78, 5) is 10.8. The topological polar surface area (TPSA) is 46.5 Å². The molecule has 0 radical (unpaired) electrons. The molecule has 0 amide bonds. The molecule has 1 rings (SSSR count). The Kier molecular flexibility index (Phi) is 7.21. The summed E-state index contributed by atoms with van der Waals surface area (Å²) in [5, 5.41) is 8.90. The first-order chi connectivity index (χ1) is 7.65. The highest BCUT2D eigenvalue weighted by atomic mass is 16.5. The van der Waals surface area contributed by atoms with Crippen LogP contribution in [0.4, 0.5) is 0 Å². The van der Waals surface area contributed by atoms with Gasteiger partial charge in [0.25, 0.3) is 0 Å². The molecule has 1 aromatic rings. The average Bonchev–Trinajstić information content (AvgIpc) is 2.30. The number of aliphatic carboxylic acids is 1. The molecule has 0 aliphatic heterocycles. The summed E-state index contributed by atoms with van der Waals surface area (Å²) in [6, 6.07) is 7.32. The molecule has 0 fully saturated rings. The molecular weight excluding hydrogens is 204 g/mol. The van der Waals surface area contributed by atoms with Crippen LogP contribution in [0.2, 0.25) is 0 Å². The lowest BCUT2D eigenvalue weighted by Gasteiger charge is -2.12. The molecule has 0 saturated carbocycles. The summed E-state index contributed by atoms with van der Waals surface area (Å²) in [7, 11) is 0. The lowest BCUT2D eigenvalue weighted by atomic mass is 10.1. The van der Waals surface area contributed by atoms with E-state index in [9.17, 15) is 4.79 Å². The summed E-state index contributed by atoms with van der Waals surface area (Å²) < 4.78 is 5.13. The maximum absolute atomic E-state index is 10.8. The number of carboxylic acids is 1. The fourth-order valence-corrected chi connectivity index (χ4v) is 1.22.